The molecule has 0 aliphatic rings. The van der Waals surface area contributed by atoms with Gasteiger partial charge in [0.05, 0.1) is 17.5 Å². The molecule has 0 fully saturated rings. The van der Waals surface area contributed by atoms with Crippen LogP contribution in [0.1, 0.15) is 11.1 Å². The van der Waals surface area contributed by atoms with Gasteiger partial charge in [-0.2, -0.15) is 18.3 Å². The summed E-state index contributed by atoms with van der Waals surface area (Å²) in [6.45, 7) is 0.169. The largest absolute Gasteiger partial charge is 0.416 e. The summed E-state index contributed by atoms with van der Waals surface area (Å²) >= 11 is 0. The van der Waals surface area contributed by atoms with Crippen molar-refractivity contribution in [2.45, 2.75) is 12.7 Å². The molecule has 0 spiro atoms. The molecule has 5 aromatic rings. The van der Waals surface area contributed by atoms with E-state index in [4.69, 9.17) is 0 Å². The van der Waals surface area contributed by atoms with Crippen molar-refractivity contribution in [1.82, 2.24) is 24.7 Å². The molecule has 9 heteroatoms. The van der Waals surface area contributed by atoms with E-state index in [2.05, 4.69) is 20.1 Å². The zero-order valence-corrected chi connectivity index (χ0v) is 17.0. The van der Waals surface area contributed by atoms with E-state index in [0.29, 0.717) is 33.4 Å². The molecule has 0 unspecified atom stereocenters. The molecule has 0 atom stereocenters. The zero-order valence-electron chi connectivity index (χ0n) is 17.0. The van der Waals surface area contributed by atoms with Crippen LogP contribution in [0, 0.1) is 5.82 Å². The second-order valence-electron chi connectivity index (χ2n) is 7.35. The van der Waals surface area contributed by atoms with Gasteiger partial charge in [-0.3, -0.25) is 0 Å². The van der Waals surface area contributed by atoms with Crippen LogP contribution in [0.5, 0.6) is 0 Å². The minimum absolute atomic E-state index is 0.169. The maximum absolute atomic E-state index is 14.2. The van der Waals surface area contributed by atoms with Gasteiger partial charge in [0.1, 0.15) is 11.5 Å². The molecule has 0 radical (unpaired) electrons. The molecule has 5 rings (SSSR count). The van der Waals surface area contributed by atoms with Crippen molar-refractivity contribution < 1.29 is 17.6 Å². The van der Waals surface area contributed by atoms with Crippen molar-refractivity contribution in [2.75, 3.05) is 0 Å². The number of fused-ring (bicyclic) bond motifs is 1. The van der Waals surface area contributed by atoms with Crippen molar-refractivity contribution in [1.29, 1.82) is 0 Å². The quantitative estimate of drug-likeness (QED) is 0.327. The maximum atomic E-state index is 14.2. The van der Waals surface area contributed by atoms with Crippen LogP contribution in [0.4, 0.5) is 17.6 Å². The number of hydrogen-bond donors (Lipinski definition) is 0. The molecule has 33 heavy (non-hydrogen) atoms. The molecule has 3 aromatic heterocycles. The number of rotatable bonds is 4. The summed E-state index contributed by atoms with van der Waals surface area (Å²) in [5.74, 6) is -0.0590. The lowest BCUT2D eigenvalue weighted by Gasteiger charge is -2.08. The highest BCUT2D eigenvalue weighted by Gasteiger charge is 2.30. The first-order valence-electron chi connectivity index (χ1n) is 9.95. The summed E-state index contributed by atoms with van der Waals surface area (Å²) in [4.78, 5) is 13.0. The number of pyridine rings is 1. The highest BCUT2D eigenvalue weighted by atomic mass is 19.4. The molecular weight excluding hydrogens is 434 g/mol. The molecule has 0 aliphatic carbocycles. The Kier molecular flexibility index (Phi) is 5.08. The summed E-state index contributed by atoms with van der Waals surface area (Å²) in [5.41, 5.74) is 1.50. The first-order chi connectivity index (χ1) is 15.9. The molecule has 0 N–H and O–H groups in total. The Morgan fingerprint density at radius 1 is 0.818 bits per heavy atom. The monoisotopic (exact) mass is 449 g/mol. The molecule has 0 amide bonds. The van der Waals surface area contributed by atoms with Crippen molar-refractivity contribution in [3.05, 3.63) is 96.2 Å². The van der Waals surface area contributed by atoms with Crippen LogP contribution in [0.25, 0.3) is 33.7 Å². The molecule has 5 nitrogen and oxygen atoms in total. The Morgan fingerprint density at radius 2 is 1.61 bits per heavy atom. The Labute approximate surface area is 185 Å². The summed E-state index contributed by atoms with van der Waals surface area (Å²) in [5, 5.41) is 5.24. The minimum atomic E-state index is -4.44. The normalized spacial score (nSPS) is 11.8. The summed E-state index contributed by atoms with van der Waals surface area (Å²) in [7, 11) is 0. The van der Waals surface area contributed by atoms with E-state index >= 15 is 0 Å². The van der Waals surface area contributed by atoms with Crippen LogP contribution < -0.4 is 0 Å². The highest BCUT2D eigenvalue weighted by Crippen LogP contribution is 2.32. The SMILES string of the molecule is Fc1ccccc1Cn1nc(-c2ncc(-c3cccc(C(F)(F)F)c3)cn2)c2cccnc21. The van der Waals surface area contributed by atoms with Crippen molar-refractivity contribution >= 4 is 11.0 Å². The fourth-order valence-electron chi connectivity index (χ4n) is 3.55. The van der Waals surface area contributed by atoms with Crippen LogP contribution in [0.2, 0.25) is 0 Å². The van der Waals surface area contributed by atoms with E-state index in [1.807, 2.05) is 6.07 Å². The fraction of sp³-hybridized carbons (Fsp3) is 0.0833. The van der Waals surface area contributed by atoms with Crippen LogP contribution in [0.15, 0.2) is 79.3 Å². The van der Waals surface area contributed by atoms with Gasteiger partial charge in [0.15, 0.2) is 11.5 Å². The first-order valence-corrected chi connectivity index (χ1v) is 9.95. The Hall–Kier alpha value is -4.14. The van der Waals surface area contributed by atoms with Gasteiger partial charge in [0.2, 0.25) is 0 Å². The van der Waals surface area contributed by atoms with Crippen LogP contribution >= 0.6 is 0 Å². The average Bonchev–Trinajstić information content (AvgIpc) is 3.19. The fourth-order valence-corrected chi connectivity index (χ4v) is 3.55. The molecule has 164 valence electrons. The average molecular weight is 449 g/mol. The zero-order chi connectivity index (χ0) is 23.0. The summed E-state index contributed by atoms with van der Waals surface area (Å²) in [6.07, 6.45) is 0.0861. The van der Waals surface area contributed by atoms with Gasteiger partial charge in [-0.05, 0) is 35.9 Å². The van der Waals surface area contributed by atoms with Crippen LogP contribution in [0.3, 0.4) is 0 Å². The Bertz CT molecular complexity index is 1440. The molecular formula is C24H15F4N5. The Morgan fingerprint density at radius 3 is 2.36 bits per heavy atom. The van der Waals surface area contributed by atoms with Gasteiger partial charge in [-0.15, -0.1) is 0 Å². The maximum Gasteiger partial charge on any atom is 0.416 e. The third-order valence-corrected chi connectivity index (χ3v) is 5.17. The van der Waals surface area contributed by atoms with Gasteiger partial charge in [0, 0.05) is 29.7 Å². The molecule has 0 aliphatic heterocycles. The van der Waals surface area contributed by atoms with Crippen molar-refractivity contribution in [3.8, 4) is 22.6 Å². The molecule has 0 saturated heterocycles. The van der Waals surface area contributed by atoms with Gasteiger partial charge >= 0.3 is 6.18 Å². The lowest BCUT2D eigenvalue weighted by Crippen LogP contribution is -2.05. The van der Waals surface area contributed by atoms with Gasteiger partial charge in [-0.25, -0.2) is 24.0 Å². The van der Waals surface area contributed by atoms with E-state index in [9.17, 15) is 17.6 Å². The minimum Gasteiger partial charge on any atom is -0.242 e. The van der Waals surface area contributed by atoms with Gasteiger partial charge in [-0.1, -0.05) is 30.3 Å². The van der Waals surface area contributed by atoms with Crippen LogP contribution in [-0.2, 0) is 12.7 Å². The van der Waals surface area contributed by atoms with Crippen LogP contribution in [-0.4, -0.2) is 24.7 Å². The smallest absolute Gasteiger partial charge is 0.242 e. The number of alkyl halides is 3. The third kappa shape index (κ3) is 4.05. The first kappa shape index (κ1) is 20.7. The number of nitrogens with zero attached hydrogens (tertiary/aromatic N) is 5. The van der Waals surface area contributed by atoms with E-state index in [1.54, 1.807) is 41.2 Å². The summed E-state index contributed by atoms with van der Waals surface area (Å²) in [6, 6.07) is 14.9. The predicted octanol–water partition coefficient (Wildman–Crippen LogP) is 5.76. The molecule has 0 saturated carbocycles. The molecule has 0 bridgehead atoms. The van der Waals surface area contributed by atoms with Crippen molar-refractivity contribution in [2.24, 2.45) is 0 Å². The number of benzene rings is 2. The molecule has 3 heterocycles. The lowest BCUT2D eigenvalue weighted by molar-refractivity contribution is -0.137. The Balaban J connectivity index is 1.52. The predicted molar refractivity (Wildman–Crippen MR) is 114 cm³/mol. The van der Waals surface area contributed by atoms with E-state index in [1.165, 1.54) is 24.5 Å². The number of aromatic nitrogens is 5. The second kappa shape index (κ2) is 8.09. The standard InChI is InChI=1S/C24H15F4N5/c25-20-9-2-1-5-16(20)14-33-23-19(8-4-10-29-23)21(32-33)22-30-12-17(13-31-22)15-6-3-7-18(11-15)24(26,27)28/h1-13H,14H2. The summed E-state index contributed by atoms with van der Waals surface area (Å²) < 4.78 is 54.8. The van der Waals surface area contributed by atoms with Gasteiger partial charge < -0.3 is 0 Å². The topological polar surface area (TPSA) is 56.5 Å². The van der Waals surface area contributed by atoms with E-state index < -0.39 is 11.7 Å². The highest BCUT2D eigenvalue weighted by molar-refractivity contribution is 5.89. The van der Waals surface area contributed by atoms with Gasteiger partial charge in [0.25, 0.3) is 0 Å². The van der Waals surface area contributed by atoms with E-state index in [-0.39, 0.29) is 18.2 Å². The lowest BCUT2D eigenvalue weighted by atomic mass is 10.1. The van der Waals surface area contributed by atoms with Crippen molar-refractivity contribution in [3.63, 3.8) is 0 Å². The van der Waals surface area contributed by atoms with E-state index in [0.717, 1.165) is 12.1 Å². The second-order valence-corrected chi connectivity index (χ2v) is 7.35. The molecule has 2 aromatic carbocycles. The third-order valence-electron chi connectivity index (χ3n) is 5.17. The number of halogens is 4. The number of hydrogen-bond acceptors (Lipinski definition) is 4.